The normalized spacial score (nSPS) is 11.2. The lowest BCUT2D eigenvalue weighted by Gasteiger charge is -2.20. The summed E-state index contributed by atoms with van der Waals surface area (Å²) in [5.74, 6) is 0.0828. The van der Waals surface area contributed by atoms with Crippen molar-refractivity contribution in [3.63, 3.8) is 0 Å². The number of hydrogen-bond acceptors (Lipinski definition) is 4. The molecule has 0 N–H and O–H groups in total. The van der Waals surface area contributed by atoms with E-state index in [1.54, 1.807) is 20.0 Å². The third kappa shape index (κ3) is 2.72. The predicted molar refractivity (Wildman–Crippen MR) is 80.2 cm³/mol. The van der Waals surface area contributed by atoms with Gasteiger partial charge in [0.2, 0.25) is 0 Å². The maximum atomic E-state index is 11.8. The van der Waals surface area contributed by atoms with Gasteiger partial charge in [0, 0.05) is 16.2 Å². The highest BCUT2D eigenvalue weighted by molar-refractivity contribution is 9.10. The largest absolute Gasteiger partial charge is 0.468 e. The molecule has 1 aromatic heterocycles. The standard InChI is InChI=1S/C15H15BrN2O2/c1-15(2,14(19)20-3)13-17-9-8-12(18-13)10-6-4-5-7-11(10)16/h4-9H,1-3H3. The zero-order valence-corrected chi connectivity index (χ0v) is 13.1. The molecule has 104 valence electrons. The Kier molecular flexibility index (Phi) is 4.18. The molecule has 4 nitrogen and oxygen atoms in total. The maximum absolute atomic E-state index is 11.8. The fraction of sp³-hybridized carbons (Fsp3) is 0.267. The molecular weight excluding hydrogens is 320 g/mol. The maximum Gasteiger partial charge on any atom is 0.318 e. The Morgan fingerprint density at radius 3 is 2.60 bits per heavy atom. The fourth-order valence-corrected chi connectivity index (χ4v) is 2.31. The summed E-state index contributed by atoms with van der Waals surface area (Å²) in [5, 5.41) is 0. The molecule has 0 atom stereocenters. The molecular formula is C15H15BrN2O2. The summed E-state index contributed by atoms with van der Waals surface area (Å²) in [5.41, 5.74) is 0.836. The molecule has 1 heterocycles. The van der Waals surface area contributed by atoms with Crippen molar-refractivity contribution in [2.45, 2.75) is 19.3 Å². The van der Waals surface area contributed by atoms with Crippen molar-refractivity contribution in [1.29, 1.82) is 0 Å². The van der Waals surface area contributed by atoms with Crippen LogP contribution in [0.4, 0.5) is 0 Å². The van der Waals surface area contributed by atoms with Crippen molar-refractivity contribution >= 4 is 21.9 Å². The average molecular weight is 335 g/mol. The molecule has 20 heavy (non-hydrogen) atoms. The highest BCUT2D eigenvalue weighted by Crippen LogP contribution is 2.28. The minimum Gasteiger partial charge on any atom is -0.468 e. The van der Waals surface area contributed by atoms with E-state index in [-0.39, 0.29) is 5.97 Å². The van der Waals surface area contributed by atoms with Crippen LogP contribution >= 0.6 is 15.9 Å². The minimum absolute atomic E-state index is 0.359. The molecule has 0 unspecified atom stereocenters. The summed E-state index contributed by atoms with van der Waals surface area (Å²) in [7, 11) is 1.36. The Hall–Kier alpha value is -1.75. The van der Waals surface area contributed by atoms with Gasteiger partial charge in [-0.15, -0.1) is 0 Å². The molecule has 0 spiro atoms. The molecule has 0 saturated heterocycles. The number of carbonyl (C=O) groups is 1. The molecule has 2 aromatic rings. The van der Waals surface area contributed by atoms with E-state index >= 15 is 0 Å². The Morgan fingerprint density at radius 2 is 1.95 bits per heavy atom. The van der Waals surface area contributed by atoms with Crippen LogP contribution in [0.5, 0.6) is 0 Å². The Morgan fingerprint density at radius 1 is 1.25 bits per heavy atom. The molecule has 0 aliphatic rings. The van der Waals surface area contributed by atoms with Gasteiger partial charge >= 0.3 is 5.97 Å². The van der Waals surface area contributed by atoms with Crippen LogP contribution in [0.3, 0.4) is 0 Å². The van der Waals surface area contributed by atoms with Crippen LogP contribution in [0.25, 0.3) is 11.3 Å². The lowest BCUT2D eigenvalue weighted by atomic mass is 9.92. The average Bonchev–Trinajstić information content (AvgIpc) is 2.47. The van der Waals surface area contributed by atoms with E-state index in [1.165, 1.54) is 7.11 Å². The van der Waals surface area contributed by atoms with Crippen molar-refractivity contribution in [3.8, 4) is 11.3 Å². The fourth-order valence-electron chi connectivity index (χ4n) is 1.83. The molecule has 5 heteroatoms. The number of nitrogens with zero attached hydrogens (tertiary/aromatic N) is 2. The Labute approximate surface area is 126 Å². The second-order valence-electron chi connectivity index (χ2n) is 4.86. The quantitative estimate of drug-likeness (QED) is 0.807. The smallest absolute Gasteiger partial charge is 0.318 e. The van der Waals surface area contributed by atoms with Crippen LogP contribution < -0.4 is 0 Å². The van der Waals surface area contributed by atoms with Crippen LogP contribution in [0.15, 0.2) is 41.0 Å². The number of aromatic nitrogens is 2. The first-order valence-electron chi connectivity index (χ1n) is 6.13. The molecule has 0 amide bonds. The zero-order valence-electron chi connectivity index (χ0n) is 11.6. The summed E-state index contributed by atoms with van der Waals surface area (Å²) in [6.07, 6.45) is 1.65. The number of carbonyl (C=O) groups excluding carboxylic acids is 1. The van der Waals surface area contributed by atoms with Gasteiger partial charge in [-0.2, -0.15) is 0 Å². The third-order valence-electron chi connectivity index (χ3n) is 3.06. The molecule has 0 aliphatic carbocycles. The van der Waals surface area contributed by atoms with E-state index in [1.807, 2.05) is 30.3 Å². The van der Waals surface area contributed by atoms with Crippen molar-refractivity contribution in [3.05, 3.63) is 46.8 Å². The molecule has 0 aliphatic heterocycles. The first-order chi connectivity index (χ1) is 9.46. The van der Waals surface area contributed by atoms with E-state index in [4.69, 9.17) is 4.74 Å². The van der Waals surface area contributed by atoms with Gasteiger partial charge in [-0.25, -0.2) is 9.97 Å². The summed E-state index contributed by atoms with van der Waals surface area (Å²) in [6, 6.07) is 9.60. The molecule has 2 rings (SSSR count). The number of esters is 1. The van der Waals surface area contributed by atoms with Crippen LogP contribution in [-0.4, -0.2) is 23.0 Å². The summed E-state index contributed by atoms with van der Waals surface area (Å²) in [4.78, 5) is 20.5. The first kappa shape index (κ1) is 14.7. The van der Waals surface area contributed by atoms with E-state index < -0.39 is 5.41 Å². The molecule has 0 saturated carbocycles. The highest BCUT2D eigenvalue weighted by atomic mass is 79.9. The molecule has 1 aromatic carbocycles. The van der Waals surface area contributed by atoms with E-state index in [0.717, 1.165) is 15.7 Å². The Balaban J connectivity index is 2.49. The Bertz CT molecular complexity index is 641. The van der Waals surface area contributed by atoms with Gasteiger partial charge in [0.25, 0.3) is 0 Å². The molecule has 0 radical (unpaired) electrons. The van der Waals surface area contributed by atoms with Crippen LogP contribution in [0.1, 0.15) is 19.7 Å². The summed E-state index contributed by atoms with van der Waals surface area (Å²) < 4.78 is 5.76. The number of halogens is 1. The van der Waals surface area contributed by atoms with Crippen LogP contribution in [0, 0.1) is 0 Å². The van der Waals surface area contributed by atoms with Crippen molar-refractivity contribution < 1.29 is 9.53 Å². The summed E-state index contributed by atoms with van der Waals surface area (Å²) >= 11 is 3.50. The number of benzene rings is 1. The SMILES string of the molecule is COC(=O)C(C)(C)c1nccc(-c2ccccc2Br)n1. The molecule has 0 fully saturated rings. The zero-order chi connectivity index (χ0) is 14.8. The van der Waals surface area contributed by atoms with Crippen molar-refractivity contribution in [2.75, 3.05) is 7.11 Å². The number of rotatable bonds is 3. The highest BCUT2D eigenvalue weighted by Gasteiger charge is 2.34. The predicted octanol–water partition coefficient (Wildman–Crippen LogP) is 3.36. The second kappa shape index (κ2) is 5.71. The lowest BCUT2D eigenvalue weighted by Crippen LogP contribution is -2.32. The van der Waals surface area contributed by atoms with Crippen molar-refractivity contribution in [1.82, 2.24) is 9.97 Å². The van der Waals surface area contributed by atoms with Gasteiger partial charge in [0.1, 0.15) is 11.2 Å². The van der Waals surface area contributed by atoms with E-state index in [9.17, 15) is 4.79 Å². The van der Waals surface area contributed by atoms with E-state index in [2.05, 4.69) is 25.9 Å². The number of hydrogen-bond donors (Lipinski definition) is 0. The van der Waals surface area contributed by atoms with Gasteiger partial charge in [-0.1, -0.05) is 34.1 Å². The summed E-state index contributed by atoms with van der Waals surface area (Å²) in [6.45, 7) is 3.50. The minimum atomic E-state index is -0.883. The van der Waals surface area contributed by atoms with E-state index in [0.29, 0.717) is 5.82 Å². The van der Waals surface area contributed by atoms with Crippen LogP contribution in [0.2, 0.25) is 0 Å². The van der Waals surface area contributed by atoms with Gasteiger partial charge in [-0.05, 0) is 26.0 Å². The number of ether oxygens (including phenoxy) is 1. The monoisotopic (exact) mass is 334 g/mol. The van der Waals surface area contributed by atoms with Crippen LogP contribution in [-0.2, 0) is 14.9 Å². The van der Waals surface area contributed by atoms with Gasteiger partial charge in [0.05, 0.1) is 12.8 Å². The third-order valence-corrected chi connectivity index (χ3v) is 3.75. The van der Waals surface area contributed by atoms with Gasteiger partial charge in [0.15, 0.2) is 0 Å². The van der Waals surface area contributed by atoms with Crippen molar-refractivity contribution in [2.24, 2.45) is 0 Å². The molecule has 0 bridgehead atoms. The van der Waals surface area contributed by atoms with Gasteiger partial charge < -0.3 is 4.74 Å². The topological polar surface area (TPSA) is 52.1 Å². The van der Waals surface area contributed by atoms with Gasteiger partial charge in [-0.3, -0.25) is 4.79 Å². The first-order valence-corrected chi connectivity index (χ1v) is 6.93. The number of methoxy groups -OCH3 is 1. The lowest BCUT2D eigenvalue weighted by molar-refractivity contribution is -0.146. The second-order valence-corrected chi connectivity index (χ2v) is 5.72.